The third kappa shape index (κ3) is 2.68. The number of hydrogen-bond acceptors (Lipinski definition) is 1. The molecule has 2 aromatic carbocycles. The van der Waals surface area contributed by atoms with Crippen LogP contribution < -0.4 is 0 Å². The molecule has 3 rings (SSSR count). The molecule has 1 heterocycles. The minimum absolute atomic E-state index is 0.340. The molecule has 0 amide bonds. The Morgan fingerprint density at radius 1 is 1.24 bits per heavy atom. The van der Waals surface area contributed by atoms with Gasteiger partial charge in [-0.2, -0.15) is 0 Å². The van der Waals surface area contributed by atoms with Crippen LogP contribution in [0.5, 0.6) is 0 Å². The van der Waals surface area contributed by atoms with Crippen molar-refractivity contribution in [2.75, 3.05) is 5.88 Å². The molecule has 0 unspecified atom stereocenters. The summed E-state index contributed by atoms with van der Waals surface area (Å²) < 4.78 is 16.1. The van der Waals surface area contributed by atoms with E-state index in [0.29, 0.717) is 32.8 Å². The highest BCUT2D eigenvalue weighted by atomic mass is 79.9. The Morgan fingerprint density at radius 2 is 2.00 bits per heavy atom. The molecule has 0 N–H and O–H groups in total. The Kier molecular flexibility index (Phi) is 4.20. The van der Waals surface area contributed by atoms with E-state index in [2.05, 4.69) is 20.9 Å². The van der Waals surface area contributed by atoms with E-state index in [-0.39, 0.29) is 5.82 Å². The highest BCUT2D eigenvalue weighted by Crippen LogP contribution is 2.30. The van der Waals surface area contributed by atoms with Crippen molar-refractivity contribution in [3.63, 3.8) is 0 Å². The van der Waals surface area contributed by atoms with Gasteiger partial charge in [0.2, 0.25) is 0 Å². The van der Waals surface area contributed by atoms with Gasteiger partial charge in [0, 0.05) is 18.4 Å². The third-order valence-corrected chi connectivity index (χ3v) is 4.29. The number of rotatable bonds is 3. The van der Waals surface area contributed by atoms with Gasteiger partial charge in [0.15, 0.2) is 0 Å². The van der Waals surface area contributed by atoms with Crippen LogP contribution in [0.2, 0.25) is 5.02 Å². The van der Waals surface area contributed by atoms with Crippen molar-refractivity contribution in [3.05, 3.63) is 57.5 Å². The second-order valence-electron chi connectivity index (χ2n) is 4.51. The van der Waals surface area contributed by atoms with E-state index in [9.17, 15) is 4.39 Å². The number of para-hydroxylation sites is 1. The predicted octanol–water partition coefficient (Wildman–Crippen LogP) is 5.36. The van der Waals surface area contributed by atoms with Gasteiger partial charge >= 0.3 is 0 Å². The van der Waals surface area contributed by atoms with E-state index in [1.54, 1.807) is 12.1 Å². The number of aryl methyl sites for hydroxylation is 1. The van der Waals surface area contributed by atoms with Crippen LogP contribution in [0.4, 0.5) is 4.39 Å². The zero-order valence-electron chi connectivity index (χ0n) is 10.8. The number of nitrogens with zero attached hydrogens (tertiary/aromatic N) is 2. The van der Waals surface area contributed by atoms with Gasteiger partial charge < -0.3 is 0 Å². The molecule has 108 valence electrons. The molecule has 0 saturated heterocycles. The Labute approximate surface area is 139 Å². The summed E-state index contributed by atoms with van der Waals surface area (Å²) in [6.07, 6.45) is 0.570. The van der Waals surface area contributed by atoms with E-state index in [0.717, 1.165) is 11.5 Å². The fraction of sp³-hybridized carbons (Fsp3) is 0.133. The van der Waals surface area contributed by atoms with Crippen molar-refractivity contribution in [1.29, 1.82) is 0 Å². The van der Waals surface area contributed by atoms with Gasteiger partial charge in [-0.05, 0) is 34.1 Å². The molecule has 0 spiro atoms. The van der Waals surface area contributed by atoms with Crippen molar-refractivity contribution in [2.45, 2.75) is 6.42 Å². The maximum Gasteiger partial charge on any atom is 0.139 e. The first-order chi connectivity index (χ1) is 10.1. The lowest BCUT2D eigenvalue weighted by Crippen LogP contribution is -2.03. The summed E-state index contributed by atoms with van der Waals surface area (Å²) in [7, 11) is 0. The van der Waals surface area contributed by atoms with Gasteiger partial charge in [-0.3, -0.25) is 4.57 Å². The second kappa shape index (κ2) is 5.95. The van der Waals surface area contributed by atoms with E-state index in [1.807, 2.05) is 22.8 Å². The summed E-state index contributed by atoms with van der Waals surface area (Å²) in [5.74, 6) is 0.843. The monoisotopic (exact) mass is 386 g/mol. The fourth-order valence-corrected chi connectivity index (χ4v) is 3.00. The van der Waals surface area contributed by atoms with Crippen molar-refractivity contribution in [2.24, 2.45) is 0 Å². The van der Waals surface area contributed by atoms with Crippen LogP contribution >= 0.6 is 39.1 Å². The third-order valence-electron chi connectivity index (χ3n) is 3.18. The lowest BCUT2D eigenvalue weighted by Gasteiger charge is -2.10. The van der Waals surface area contributed by atoms with Crippen molar-refractivity contribution >= 4 is 50.2 Å². The topological polar surface area (TPSA) is 17.8 Å². The van der Waals surface area contributed by atoms with Gasteiger partial charge in [-0.1, -0.05) is 23.7 Å². The van der Waals surface area contributed by atoms with Crippen LogP contribution in [0.15, 0.2) is 40.9 Å². The average Bonchev–Trinajstić information content (AvgIpc) is 2.78. The number of fused-ring (bicyclic) bond motifs is 1. The molecule has 1 aromatic heterocycles. The molecule has 0 radical (unpaired) electrons. The molecule has 0 atom stereocenters. The Morgan fingerprint density at radius 3 is 2.71 bits per heavy atom. The zero-order chi connectivity index (χ0) is 15.0. The standard InChI is InChI=1S/C15H10BrCl2FN2/c16-9-7-12-14(8-11(9)19)21(15(20-12)5-6-17)13-4-2-1-3-10(13)18/h1-4,7-8H,5-6H2. The number of halogens is 4. The minimum atomic E-state index is -0.340. The quantitative estimate of drug-likeness (QED) is 0.553. The summed E-state index contributed by atoms with van der Waals surface area (Å²) in [5, 5.41) is 0.580. The highest BCUT2D eigenvalue weighted by Gasteiger charge is 2.16. The molecule has 0 saturated carbocycles. The van der Waals surface area contributed by atoms with Crippen molar-refractivity contribution in [3.8, 4) is 5.69 Å². The molecule has 6 heteroatoms. The Hall–Kier alpha value is -1.10. The summed E-state index contributed by atoms with van der Waals surface area (Å²) in [6.45, 7) is 0. The number of alkyl halides is 1. The summed E-state index contributed by atoms with van der Waals surface area (Å²) >= 11 is 15.3. The normalized spacial score (nSPS) is 11.2. The van der Waals surface area contributed by atoms with Gasteiger partial charge in [0.1, 0.15) is 11.6 Å². The van der Waals surface area contributed by atoms with Crippen molar-refractivity contribution in [1.82, 2.24) is 9.55 Å². The van der Waals surface area contributed by atoms with E-state index < -0.39 is 0 Å². The van der Waals surface area contributed by atoms with Crippen LogP contribution in [0.25, 0.3) is 16.7 Å². The first kappa shape index (κ1) is 14.8. The van der Waals surface area contributed by atoms with Gasteiger partial charge in [-0.15, -0.1) is 11.6 Å². The van der Waals surface area contributed by atoms with Crippen LogP contribution in [-0.2, 0) is 6.42 Å². The molecule has 0 bridgehead atoms. The molecule has 0 aliphatic heterocycles. The van der Waals surface area contributed by atoms with Crippen LogP contribution in [0, 0.1) is 5.82 Å². The summed E-state index contributed by atoms with van der Waals surface area (Å²) in [5.41, 5.74) is 2.13. The fourth-order valence-electron chi connectivity index (χ4n) is 2.28. The summed E-state index contributed by atoms with van der Waals surface area (Å²) in [4.78, 5) is 4.55. The second-order valence-corrected chi connectivity index (χ2v) is 6.15. The summed E-state index contributed by atoms with van der Waals surface area (Å²) in [6, 6.07) is 10.5. The molecule has 0 aliphatic rings. The molecule has 2 nitrogen and oxygen atoms in total. The van der Waals surface area contributed by atoms with Crippen LogP contribution in [-0.4, -0.2) is 15.4 Å². The maximum atomic E-state index is 13.9. The number of hydrogen-bond donors (Lipinski definition) is 0. The van der Waals surface area contributed by atoms with E-state index in [1.165, 1.54) is 6.07 Å². The number of imidazole rings is 1. The van der Waals surface area contributed by atoms with Crippen LogP contribution in [0.3, 0.4) is 0 Å². The SMILES string of the molecule is Fc1cc2c(cc1Br)nc(CCCl)n2-c1ccccc1Cl. The largest absolute Gasteiger partial charge is 0.295 e. The van der Waals surface area contributed by atoms with Gasteiger partial charge in [0.05, 0.1) is 26.2 Å². The number of benzene rings is 2. The first-order valence-electron chi connectivity index (χ1n) is 6.29. The lowest BCUT2D eigenvalue weighted by molar-refractivity contribution is 0.622. The Bertz CT molecular complexity index is 817. The molecule has 0 aliphatic carbocycles. The first-order valence-corrected chi connectivity index (χ1v) is 7.99. The maximum absolute atomic E-state index is 13.9. The van der Waals surface area contributed by atoms with Gasteiger partial charge in [-0.25, -0.2) is 9.37 Å². The van der Waals surface area contributed by atoms with Crippen molar-refractivity contribution < 1.29 is 4.39 Å². The molecule has 0 fully saturated rings. The molecular weight excluding hydrogens is 378 g/mol. The zero-order valence-corrected chi connectivity index (χ0v) is 13.9. The lowest BCUT2D eigenvalue weighted by atomic mass is 10.2. The predicted molar refractivity (Wildman–Crippen MR) is 88.2 cm³/mol. The van der Waals surface area contributed by atoms with Crippen LogP contribution in [0.1, 0.15) is 5.82 Å². The van der Waals surface area contributed by atoms with E-state index in [4.69, 9.17) is 23.2 Å². The van der Waals surface area contributed by atoms with E-state index >= 15 is 0 Å². The molecule has 21 heavy (non-hydrogen) atoms. The smallest absolute Gasteiger partial charge is 0.139 e. The number of aromatic nitrogens is 2. The van der Waals surface area contributed by atoms with Gasteiger partial charge in [0.25, 0.3) is 0 Å². The average molecular weight is 388 g/mol. The molecule has 3 aromatic rings. The Balaban J connectivity index is 2.35. The minimum Gasteiger partial charge on any atom is -0.295 e. The molecular formula is C15H10BrCl2FN2. The highest BCUT2D eigenvalue weighted by molar-refractivity contribution is 9.10.